The van der Waals surface area contributed by atoms with Crippen LogP contribution in [-0.2, 0) is 4.79 Å². The Morgan fingerprint density at radius 1 is 1.24 bits per heavy atom. The van der Waals surface area contributed by atoms with E-state index in [0.717, 1.165) is 21.9 Å². The summed E-state index contributed by atoms with van der Waals surface area (Å²) >= 11 is 3.14. The summed E-state index contributed by atoms with van der Waals surface area (Å²) in [5.41, 5.74) is 2.80. The first kappa shape index (κ1) is 19.7. The van der Waals surface area contributed by atoms with Crippen molar-refractivity contribution in [2.75, 3.05) is 11.9 Å². The van der Waals surface area contributed by atoms with E-state index in [2.05, 4.69) is 37.4 Å². The second-order valence-corrected chi connectivity index (χ2v) is 8.66. The van der Waals surface area contributed by atoms with Crippen LogP contribution < -0.4 is 10.1 Å². The number of ether oxygens (including phenoxy) is 1. The van der Waals surface area contributed by atoms with Gasteiger partial charge in [-0.2, -0.15) is 0 Å². The second kappa shape index (κ2) is 8.42. The van der Waals surface area contributed by atoms with Gasteiger partial charge in [-0.25, -0.2) is 0 Å². The molecule has 0 fully saturated rings. The third-order valence-electron chi connectivity index (χ3n) is 4.61. The molecular formula is C21H22N4O2S2. The summed E-state index contributed by atoms with van der Waals surface area (Å²) < 4.78 is 8.91. The summed E-state index contributed by atoms with van der Waals surface area (Å²) in [6.07, 6.45) is 0.671. The third kappa shape index (κ3) is 3.82. The predicted molar refractivity (Wildman–Crippen MR) is 119 cm³/mol. The standard InChI is InChI=1S/C21H22N4O2S2/c1-4-18(20(26)22-14-8-6-7-9-17(14)27-5-2)29-21-16-12-19-15(10-11-28-19)25(16)13(3)23-24-21/h6-12,18H,4-5H2,1-3H3,(H,22,26)/t18-/m1/s1. The van der Waals surface area contributed by atoms with Gasteiger partial charge in [0.2, 0.25) is 5.91 Å². The van der Waals surface area contributed by atoms with Crippen LogP contribution in [0.25, 0.3) is 15.7 Å². The van der Waals surface area contributed by atoms with Crippen LogP contribution in [0.1, 0.15) is 26.1 Å². The van der Waals surface area contributed by atoms with Crippen LogP contribution in [0.5, 0.6) is 5.75 Å². The summed E-state index contributed by atoms with van der Waals surface area (Å²) in [6, 6.07) is 11.7. The Morgan fingerprint density at radius 3 is 2.86 bits per heavy atom. The highest BCUT2D eigenvalue weighted by Crippen LogP contribution is 2.34. The highest BCUT2D eigenvalue weighted by Gasteiger charge is 2.23. The number of para-hydroxylation sites is 2. The number of nitrogens with one attached hydrogen (secondary N) is 1. The maximum atomic E-state index is 13.0. The van der Waals surface area contributed by atoms with Gasteiger partial charge in [0, 0.05) is 0 Å². The van der Waals surface area contributed by atoms with Crippen molar-refractivity contribution < 1.29 is 9.53 Å². The van der Waals surface area contributed by atoms with Crippen molar-refractivity contribution in [1.29, 1.82) is 0 Å². The van der Waals surface area contributed by atoms with E-state index in [9.17, 15) is 4.79 Å². The number of nitrogens with zero attached hydrogens (tertiary/aromatic N) is 3. The molecule has 1 atom stereocenters. The average Bonchev–Trinajstić information content (AvgIpc) is 3.31. The fourth-order valence-corrected chi connectivity index (χ4v) is 5.01. The maximum Gasteiger partial charge on any atom is 0.238 e. The molecule has 0 aliphatic carbocycles. The van der Waals surface area contributed by atoms with Crippen molar-refractivity contribution in [2.45, 2.75) is 37.5 Å². The van der Waals surface area contributed by atoms with Crippen LogP contribution in [0.2, 0.25) is 0 Å². The number of anilines is 1. The number of fused-ring (bicyclic) bond motifs is 3. The van der Waals surface area contributed by atoms with Gasteiger partial charge in [0.15, 0.2) is 0 Å². The number of rotatable bonds is 7. The van der Waals surface area contributed by atoms with Crippen molar-refractivity contribution >= 4 is 50.4 Å². The molecule has 0 radical (unpaired) electrons. The first-order valence-corrected chi connectivity index (χ1v) is 11.3. The number of carbonyl (C=O) groups excluding carboxylic acids is 1. The summed E-state index contributed by atoms with van der Waals surface area (Å²) in [5.74, 6) is 1.44. The van der Waals surface area contributed by atoms with Crippen LogP contribution in [0, 0.1) is 6.92 Å². The first-order chi connectivity index (χ1) is 14.1. The normalized spacial score (nSPS) is 12.4. The zero-order valence-electron chi connectivity index (χ0n) is 16.5. The third-order valence-corrected chi connectivity index (χ3v) is 6.81. The molecule has 3 heterocycles. The van der Waals surface area contributed by atoms with Gasteiger partial charge < -0.3 is 10.1 Å². The molecule has 1 amide bonds. The molecule has 3 aromatic heterocycles. The van der Waals surface area contributed by atoms with Gasteiger partial charge in [0.1, 0.15) is 16.6 Å². The maximum absolute atomic E-state index is 13.0. The predicted octanol–water partition coefficient (Wildman–Crippen LogP) is 5.16. The van der Waals surface area contributed by atoms with Gasteiger partial charge in [0.25, 0.3) is 0 Å². The molecule has 0 bridgehead atoms. The number of thiophene rings is 1. The molecule has 8 heteroatoms. The van der Waals surface area contributed by atoms with Crippen LogP contribution >= 0.6 is 23.1 Å². The second-order valence-electron chi connectivity index (χ2n) is 6.52. The molecule has 0 spiro atoms. The Bertz CT molecular complexity index is 1170. The molecule has 4 aromatic rings. The van der Waals surface area contributed by atoms with Gasteiger partial charge in [-0.1, -0.05) is 30.8 Å². The SMILES string of the molecule is CCOc1ccccc1NC(=O)[C@@H](CC)Sc1nnc(C)n2c1cc1sccc12. The number of hydrogen-bond acceptors (Lipinski definition) is 6. The van der Waals surface area contributed by atoms with Crippen molar-refractivity contribution in [3.05, 3.63) is 47.6 Å². The van der Waals surface area contributed by atoms with Gasteiger partial charge in [0.05, 0.1) is 33.3 Å². The molecule has 150 valence electrons. The van der Waals surface area contributed by atoms with Crippen LogP contribution in [0.3, 0.4) is 0 Å². The van der Waals surface area contributed by atoms with E-state index in [4.69, 9.17) is 4.74 Å². The summed E-state index contributed by atoms with van der Waals surface area (Å²) in [4.78, 5) is 13.0. The van der Waals surface area contributed by atoms with E-state index < -0.39 is 0 Å². The van der Waals surface area contributed by atoms with E-state index in [1.807, 2.05) is 45.0 Å². The Kier molecular flexibility index (Phi) is 5.73. The molecule has 0 aliphatic heterocycles. The minimum absolute atomic E-state index is 0.0708. The van der Waals surface area contributed by atoms with Crippen LogP contribution in [-0.4, -0.2) is 32.4 Å². The monoisotopic (exact) mass is 426 g/mol. The first-order valence-electron chi connectivity index (χ1n) is 9.53. The fourth-order valence-electron chi connectivity index (χ4n) is 3.25. The van der Waals surface area contributed by atoms with Crippen molar-refractivity contribution in [2.24, 2.45) is 0 Å². The van der Waals surface area contributed by atoms with Gasteiger partial charge >= 0.3 is 0 Å². The Balaban J connectivity index is 1.61. The van der Waals surface area contributed by atoms with Crippen LogP contribution in [0.4, 0.5) is 5.69 Å². The van der Waals surface area contributed by atoms with Gasteiger partial charge in [-0.3, -0.25) is 9.20 Å². The van der Waals surface area contributed by atoms with Crippen LogP contribution in [0.15, 0.2) is 46.8 Å². The minimum atomic E-state index is -0.293. The smallest absolute Gasteiger partial charge is 0.238 e. The highest BCUT2D eigenvalue weighted by atomic mass is 32.2. The number of aromatic nitrogens is 3. The number of carbonyl (C=O) groups is 1. The number of benzene rings is 1. The summed E-state index contributed by atoms with van der Waals surface area (Å²) in [6.45, 7) is 6.41. The average molecular weight is 427 g/mol. The summed E-state index contributed by atoms with van der Waals surface area (Å²) in [7, 11) is 0. The quantitative estimate of drug-likeness (QED) is 0.413. The lowest BCUT2D eigenvalue weighted by Gasteiger charge is -2.16. The topological polar surface area (TPSA) is 68.5 Å². The van der Waals surface area contributed by atoms with E-state index in [1.165, 1.54) is 16.5 Å². The lowest BCUT2D eigenvalue weighted by molar-refractivity contribution is -0.115. The van der Waals surface area contributed by atoms with Gasteiger partial charge in [-0.05, 0) is 49.9 Å². The molecule has 0 aliphatic rings. The Hall–Kier alpha value is -2.58. The lowest BCUT2D eigenvalue weighted by atomic mass is 10.2. The minimum Gasteiger partial charge on any atom is -0.492 e. The summed E-state index contributed by atoms with van der Waals surface area (Å²) in [5, 5.41) is 14.3. The zero-order valence-corrected chi connectivity index (χ0v) is 18.1. The van der Waals surface area contributed by atoms with E-state index in [-0.39, 0.29) is 11.2 Å². The number of hydrogen-bond donors (Lipinski definition) is 1. The van der Waals surface area contributed by atoms with E-state index in [1.54, 1.807) is 11.3 Å². The Morgan fingerprint density at radius 2 is 2.07 bits per heavy atom. The van der Waals surface area contributed by atoms with E-state index in [0.29, 0.717) is 24.5 Å². The Labute approximate surface area is 177 Å². The van der Waals surface area contributed by atoms with Gasteiger partial charge in [-0.15, -0.1) is 21.5 Å². The molecule has 6 nitrogen and oxygen atoms in total. The number of amides is 1. The molecule has 4 rings (SSSR count). The van der Waals surface area contributed by atoms with Crippen molar-refractivity contribution in [3.63, 3.8) is 0 Å². The van der Waals surface area contributed by atoms with Crippen molar-refractivity contribution in [3.8, 4) is 5.75 Å². The lowest BCUT2D eigenvalue weighted by Crippen LogP contribution is -2.25. The molecule has 0 saturated heterocycles. The zero-order chi connectivity index (χ0) is 20.4. The molecule has 29 heavy (non-hydrogen) atoms. The molecule has 0 unspecified atom stereocenters. The largest absolute Gasteiger partial charge is 0.492 e. The van der Waals surface area contributed by atoms with Crippen molar-refractivity contribution in [1.82, 2.24) is 14.6 Å². The molecule has 1 aromatic carbocycles. The fraction of sp³-hybridized carbons (Fsp3) is 0.286. The molecular weight excluding hydrogens is 404 g/mol. The number of thioether (sulfide) groups is 1. The van der Waals surface area contributed by atoms with E-state index >= 15 is 0 Å². The highest BCUT2D eigenvalue weighted by molar-refractivity contribution is 8.00. The molecule has 1 N–H and O–H groups in total. The number of aryl methyl sites for hydroxylation is 1. The molecule has 0 saturated carbocycles.